The molecule has 0 unspecified atom stereocenters. The van der Waals surface area contributed by atoms with Gasteiger partial charge in [0.05, 0.1) is 13.5 Å². The Morgan fingerprint density at radius 1 is 1.07 bits per heavy atom. The molecule has 1 saturated heterocycles. The van der Waals surface area contributed by atoms with E-state index in [1.54, 1.807) is 36.4 Å². The van der Waals surface area contributed by atoms with Crippen LogP contribution in [0, 0.1) is 13.8 Å². The lowest BCUT2D eigenvalue weighted by molar-refractivity contribution is -0.131. The lowest BCUT2D eigenvalue weighted by Gasteiger charge is -2.34. The summed E-state index contributed by atoms with van der Waals surface area (Å²) in [5.74, 6) is 0.750. The molecule has 1 aliphatic rings. The van der Waals surface area contributed by atoms with Gasteiger partial charge in [0.15, 0.2) is 0 Å². The molecule has 6 nitrogen and oxygen atoms in total. The van der Waals surface area contributed by atoms with Crippen molar-refractivity contribution in [2.75, 3.05) is 33.3 Å². The van der Waals surface area contributed by atoms with Gasteiger partial charge in [-0.3, -0.25) is 14.6 Å². The number of rotatable bonds is 4. The number of pyridine rings is 1. The molecule has 0 N–H and O–H groups in total. The van der Waals surface area contributed by atoms with E-state index in [-0.39, 0.29) is 11.8 Å². The van der Waals surface area contributed by atoms with Crippen LogP contribution in [0.1, 0.15) is 27.2 Å². The summed E-state index contributed by atoms with van der Waals surface area (Å²) >= 11 is 0. The number of carbonyl (C=O) groups excluding carboxylic acids is 2. The van der Waals surface area contributed by atoms with E-state index in [0.717, 1.165) is 22.4 Å². The van der Waals surface area contributed by atoms with Crippen molar-refractivity contribution in [2.24, 2.45) is 0 Å². The molecule has 0 radical (unpaired) electrons. The van der Waals surface area contributed by atoms with Crippen LogP contribution in [0.2, 0.25) is 0 Å². The number of aromatic nitrogens is 1. The van der Waals surface area contributed by atoms with Gasteiger partial charge in [-0.1, -0.05) is 23.8 Å². The van der Waals surface area contributed by atoms with Gasteiger partial charge in [0, 0.05) is 37.9 Å². The van der Waals surface area contributed by atoms with E-state index in [4.69, 9.17) is 4.74 Å². The summed E-state index contributed by atoms with van der Waals surface area (Å²) in [4.78, 5) is 32.9. The summed E-state index contributed by atoms with van der Waals surface area (Å²) in [7, 11) is 1.63. The molecular formula is C21H25N3O3. The van der Waals surface area contributed by atoms with Gasteiger partial charge in [0.2, 0.25) is 5.91 Å². The Morgan fingerprint density at radius 2 is 1.78 bits per heavy atom. The molecule has 27 heavy (non-hydrogen) atoms. The lowest BCUT2D eigenvalue weighted by Crippen LogP contribution is -2.51. The molecule has 0 aliphatic carbocycles. The molecule has 2 heterocycles. The Hall–Kier alpha value is -2.89. The number of ether oxygens (including phenoxy) is 1. The van der Waals surface area contributed by atoms with E-state index in [9.17, 15) is 9.59 Å². The van der Waals surface area contributed by atoms with E-state index in [1.807, 2.05) is 24.8 Å². The number of nitrogens with zero attached hydrogens (tertiary/aromatic N) is 3. The highest BCUT2D eigenvalue weighted by molar-refractivity contribution is 5.92. The molecule has 1 aromatic carbocycles. The second-order valence-electron chi connectivity index (χ2n) is 6.84. The summed E-state index contributed by atoms with van der Waals surface area (Å²) < 4.78 is 5.49. The van der Waals surface area contributed by atoms with Crippen LogP contribution in [0.5, 0.6) is 5.75 Å². The molecule has 0 saturated carbocycles. The first-order valence-electron chi connectivity index (χ1n) is 9.12. The van der Waals surface area contributed by atoms with Crippen LogP contribution in [0.25, 0.3) is 0 Å². The number of benzene rings is 1. The SMILES string of the molecule is COc1c(C)cc(C)cc1CC(=O)N1CCN(C(=O)c2ccccn2)CC1. The topological polar surface area (TPSA) is 62.7 Å². The van der Waals surface area contributed by atoms with E-state index in [0.29, 0.717) is 38.3 Å². The smallest absolute Gasteiger partial charge is 0.272 e. The monoisotopic (exact) mass is 367 g/mol. The van der Waals surface area contributed by atoms with Gasteiger partial charge in [0.1, 0.15) is 11.4 Å². The fourth-order valence-corrected chi connectivity index (χ4v) is 3.55. The molecule has 0 spiro atoms. The fraction of sp³-hybridized carbons (Fsp3) is 0.381. The average Bonchev–Trinajstić information content (AvgIpc) is 2.68. The molecule has 1 aliphatic heterocycles. The van der Waals surface area contributed by atoms with Crippen molar-refractivity contribution in [3.05, 3.63) is 58.9 Å². The van der Waals surface area contributed by atoms with Crippen molar-refractivity contribution in [1.29, 1.82) is 0 Å². The van der Waals surface area contributed by atoms with E-state index in [1.165, 1.54) is 0 Å². The number of methoxy groups -OCH3 is 1. The maximum absolute atomic E-state index is 12.8. The standard InChI is InChI=1S/C21H25N3O3/c1-15-12-16(2)20(27-3)17(13-15)14-19(25)23-8-10-24(11-9-23)21(26)18-6-4-5-7-22-18/h4-7,12-13H,8-11,14H2,1-3H3. The van der Waals surface area contributed by atoms with Gasteiger partial charge in [-0.25, -0.2) is 0 Å². The Balaban J connectivity index is 1.62. The van der Waals surface area contributed by atoms with Crippen LogP contribution in [-0.4, -0.2) is 59.9 Å². The van der Waals surface area contributed by atoms with Crippen LogP contribution >= 0.6 is 0 Å². The third kappa shape index (κ3) is 4.27. The Morgan fingerprint density at radius 3 is 2.41 bits per heavy atom. The van der Waals surface area contributed by atoms with Gasteiger partial charge in [0.25, 0.3) is 5.91 Å². The summed E-state index contributed by atoms with van der Waals surface area (Å²) in [6.07, 6.45) is 1.92. The van der Waals surface area contributed by atoms with E-state index < -0.39 is 0 Å². The zero-order valence-corrected chi connectivity index (χ0v) is 16.1. The number of amides is 2. The number of hydrogen-bond acceptors (Lipinski definition) is 4. The number of aryl methyl sites for hydroxylation is 2. The van der Waals surface area contributed by atoms with Crippen molar-refractivity contribution in [3.8, 4) is 5.75 Å². The number of hydrogen-bond donors (Lipinski definition) is 0. The predicted molar refractivity (Wildman–Crippen MR) is 103 cm³/mol. The highest BCUT2D eigenvalue weighted by Gasteiger charge is 2.26. The minimum Gasteiger partial charge on any atom is -0.496 e. The molecule has 1 fully saturated rings. The summed E-state index contributed by atoms with van der Waals surface area (Å²) in [5.41, 5.74) is 3.50. The second-order valence-corrected chi connectivity index (χ2v) is 6.84. The minimum absolute atomic E-state index is 0.0586. The van der Waals surface area contributed by atoms with Crippen molar-refractivity contribution < 1.29 is 14.3 Å². The molecule has 0 bridgehead atoms. The largest absolute Gasteiger partial charge is 0.496 e. The summed E-state index contributed by atoms with van der Waals surface area (Å²) in [5, 5.41) is 0. The quantitative estimate of drug-likeness (QED) is 0.831. The molecule has 2 amide bonds. The summed E-state index contributed by atoms with van der Waals surface area (Å²) in [6, 6.07) is 9.36. The molecule has 2 aromatic rings. The van der Waals surface area contributed by atoms with Crippen molar-refractivity contribution in [1.82, 2.24) is 14.8 Å². The Kier molecular flexibility index (Phi) is 5.74. The van der Waals surface area contributed by atoms with Crippen LogP contribution in [0.4, 0.5) is 0 Å². The zero-order valence-electron chi connectivity index (χ0n) is 16.1. The average molecular weight is 367 g/mol. The van der Waals surface area contributed by atoms with Gasteiger partial charge in [-0.05, 0) is 31.5 Å². The van der Waals surface area contributed by atoms with Gasteiger partial charge in [-0.2, -0.15) is 0 Å². The van der Waals surface area contributed by atoms with E-state index >= 15 is 0 Å². The van der Waals surface area contributed by atoms with Crippen LogP contribution in [-0.2, 0) is 11.2 Å². The van der Waals surface area contributed by atoms with E-state index in [2.05, 4.69) is 11.1 Å². The third-order valence-corrected chi connectivity index (χ3v) is 4.85. The van der Waals surface area contributed by atoms with Crippen LogP contribution < -0.4 is 4.74 Å². The molecule has 142 valence electrons. The van der Waals surface area contributed by atoms with Gasteiger partial charge < -0.3 is 14.5 Å². The van der Waals surface area contributed by atoms with Crippen LogP contribution in [0.15, 0.2) is 36.5 Å². The summed E-state index contributed by atoms with van der Waals surface area (Å²) in [6.45, 7) is 6.11. The Labute approximate surface area is 159 Å². The maximum Gasteiger partial charge on any atom is 0.272 e. The normalized spacial score (nSPS) is 14.2. The first-order chi connectivity index (χ1) is 13.0. The van der Waals surface area contributed by atoms with Gasteiger partial charge in [-0.15, -0.1) is 0 Å². The van der Waals surface area contributed by atoms with Crippen LogP contribution in [0.3, 0.4) is 0 Å². The van der Waals surface area contributed by atoms with Gasteiger partial charge >= 0.3 is 0 Å². The minimum atomic E-state index is -0.0846. The lowest BCUT2D eigenvalue weighted by atomic mass is 10.0. The van der Waals surface area contributed by atoms with Crippen molar-refractivity contribution >= 4 is 11.8 Å². The molecule has 1 aromatic heterocycles. The predicted octanol–water partition coefficient (Wildman–Crippen LogP) is 2.23. The molecule has 3 rings (SSSR count). The first-order valence-corrected chi connectivity index (χ1v) is 9.12. The highest BCUT2D eigenvalue weighted by Crippen LogP contribution is 2.26. The maximum atomic E-state index is 12.8. The van der Waals surface area contributed by atoms with Crippen molar-refractivity contribution in [2.45, 2.75) is 20.3 Å². The molecule has 6 heteroatoms. The highest BCUT2D eigenvalue weighted by atomic mass is 16.5. The number of carbonyl (C=O) groups is 2. The number of piperazine rings is 1. The second kappa shape index (κ2) is 8.20. The van der Waals surface area contributed by atoms with Crippen molar-refractivity contribution in [3.63, 3.8) is 0 Å². The third-order valence-electron chi connectivity index (χ3n) is 4.85. The molecular weight excluding hydrogens is 342 g/mol. The zero-order chi connectivity index (χ0) is 19.4. The fourth-order valence-electron chi connectivity index (χ4n) is 3.55. The first kappa shape index (κ1) is 18.9. The Bertz CT molecular complexity index is 828. The molecule has 0 atom stereocenters.